The van der Waals surface area contributed by atoms with Gasteiger partial charge < -0.3 is 55.2 Å². The number of fused-ring (bicyclic) bond motifs is 1. The van der Waals surface area contributed by atoms with E-state index in [9.17, 15) is 58.5 Å². The van der Waals surface area contributed by atoms with E-state index in [1.54, 1.807) is 0 Å². The Kier molecular flexibility index (Phi) is 10.9. The van der Waals surface area contributed by atoms with Gasteiger partial charge in [-0.3, -0.25) is 23.0 Å². The number of nitrogens with zero attached hydrogens (tertiary/aromatic N) is 6. The first-order chi connectivity index (χ1) is 22.9. The van der Waals surface area contributed by atoms with Crippen molar-refractivity contribution in [3.63, 3.8) is 0 Å². The second-order valence-electron chi connectivity index (χ2n) is 10.4. The fourth-order valence-corrected chi connectivity index (χ4v) is 8.10. The van der Waals surface area contributed by atoms with E-state index in [1.165, 1.54) is 10.9 Å². The maximum absolute atomic E-state index is 13.7. The Morgan fingerprint density at radius 1 is 1.02 bits per heavy atom. The van der Waals surface area contributed by atoms with Crippen molar-refractivity contribution in [2.75, 3.05) is 18.9 Å². The molecule has 5 rings (SSSR count). The number of anilines is 1. The molecule has 0 saturated carbocycles. The zero-order valence-corrected chi connectivity index (χ0v) is 27.6. The van der Waals surface area contributed by atoms with Gasteiger partial charge in [0, 0.05) is 24.2 Å². The van der Waals surface area contributed by atoms with Crippen molar-refractivity contribution >= 4 is 64.0 Å². The Labute approximate surface area is 278 Å². The third-order valence-electron chi connectivity index (χ3n) is 7.18. The van der Waals surface area contributed by atoms with E-state index in [0.717, 1.165) is 18.6 Å². The highest BCUT2D eigenvalue weighted by atomic mass is 32.1. The summed E-state index contributed by atoms with van der Waals surface area (Å²) in [7, 11) is -16.5. The fraction of sp³-hybridized carbons (Fsp3) is 0.476. The van der Waals surface area contributed by atoms with Gasteiger partial charge in [0.2, 0.25) is 0 Å². The standard InChI is InChI=1S/C21H26N7O17P3S/c22-17-11-18(25-5-24-17)28(6-26-11)21-14(32)12(30)10(43-21)4-41-48(40,45-47(37,38)39)44-16-13(31)9(3-29)42-15(16)7-1-8(19(33)27-49)20(23-2-7)46(34,35)36/h1-2,5-6,9-10,12-16,21,29-32H,3-4H2,(H2,22,24,25)(H2,34,35,36)(H2,37,38,39)/t9-,10-,12-,13-,14-,15?,16-,21-,48?/m1/s1. The summed E-state index contributed by atoms with van der Waals surface area (Å²) < 4.78 is 67.5. The van der Waals surface area contributed by atoms with Gasteiger partial charge in [-0.25, -0.2) is 29.1 Å². The largest absolute Gasteiger partial charge is 0.484 e. The van der Waals surface area contributed by atoms with Gasteiger partial charge in [-0.1, -0.05) is 0 Å². The molecular weight excluding hydrogens is 747 g/mol. The predicted molar refractivity (Wildman–Crippen MR) is 158 cm³/mol. The number of rotatable bonds is 12. The van der Waals surface area contributed by atoms with Crippen LogP contribution in [-0.2, 0) is 49.0 Å². The monoisotopic (exact) mass is 773 g/mol. The summed E-state index contributed by atoms with van der Waals surface area (Å²) in [5.74, 6) is -1.32. The Hall–Kier alpha value is -2.64. The van der Waals surface area contributed by atoms with Gasteiger partial charge in [-0.05, 0) is 6.07 Å². The van der Waals surface area contributed by atoms with Crippen LogP contribution in [0.5, 0.6) is 0 Å². The van der Waals surface area contributed by atoms with Crippen molar-refractivity contribution in [1.82, 2.24) is 24.5 Å². The molecule has 2 aliphatic heterocycles. The van der Waals surface area contributed by atoms with Crippen molar-refractivity contribution in [2.45, 2.75) is 49.0 Å². The molecule has 2 aliphatic rings. The molecule has 0 bridgehead atoms. The van der Waals surface area contributed by atoms with Crippen LogP contribution in [-0.4, -0.2) is 120 Å². The Balaban J connectivity index is 1.42. The number of phosphoric acid groups is 2. The number of carbonyl (C=O) groups excluding carboxylic acids is 1. The molecule has 1 amide bonds. The molecule has 0 aliphatic carbocycles. The summed E-state index contributed by atoms with van der Waals surface area (Å²) >= 11 is 4.33. The van der Waals surface area contributed by atoms with Crippen LogP contribution in [0.2, 0.25) is 0 Å². The first kappa shape index (κ1) is 37.6. The number of amides is 1. The van der Waals surface area contributed by atoms with Crippen molar-refractivity contribution < 1.29 is 81.3 Å². The number of carbonyl (C=O) groups is 1. The third-order valence-corrected chi connectivity index (χ3v) is 10.9. The van der Waals surface area contributed by atoms with Gasteiger partial charge in [0.15, 0.2) is 23.1 Å². The van der Waals surface area contributed by atoms with Crippen LogP contribution in [0.3, 0.4) is 0 Å². The predicted octanol–water partition coefficient (Wildman–Crippen LogP) is -2.79. The van der Waals surface area contributed by atoms with Crippen LogP contribution in [0.4, 0.5) is 5.82 Å². The molecule has 2 saturated heterocycles. The highest BCUT2D eigenvalue weighted by molar-refractivity contribution is 7.61. The number of aliphatic hydroxyl groups is 4. The van der Waals surface area contributed by atoms with Gasteiger partial charge in [0.1, 0.15) is 54.6 Å². The SMILES string of the molecule is Nc1ncnc2c1ncn2[C@@H]1O[C@H](COP(=O)(O[C@H]2C(c3cnc(P(=O)(O)O)c(C(=O)N=S)c3)O[C@H](CO)[C@H]2O)OP(=O)(O)O)[C@@H](O)[C@H]1O. The molecule has 3 aromatic heterocycles. The number of nitrogens with two attached hydrogens (primary N) is 1. The Morgan fingerprint density at radius 3 is 2.37 bits per heavy atom. The van der Waals surface area contributed by atoms with Gasteiger partial charge >= 0.3 is 23.2 Å². The number of hydrogen-bond donors (Lipinski definition) is 9. The topological polar surface area (TPSA) is 371 Å². The minimum atomic E-state index is -5.74. The molecule has 28 heteroatoms. The number of imidazole rings is 1. The lowest BCUT2D eigenvalue weighted by Gasteiger charge is -2.27. The maximum atomic E-state index is 13.7. The van der Waals surface area contributed by atoms with E-state index in [-0.39, 0.29) is 22.5 Å². The summed E-state index contributed by atoms with van der Waals surface area (Å²) in [5.41, 5.74) is 3.87. The maximum Gasteiger partial charge on any atom is 0.484 e. The third kappa shape index (κ3) is 7.83. The van der Waals surface area contributed by atoms with Crippen LogP contribution in [0.25, 0.3) is 11.2 Å². The summed E-state index contributed by atoms with van der Waals surface area (Å²) in [5, 5.41) is 42.0. The second-order valence-corrected chi connectivity index (χ2v) is 15.1. The van der Waals surface area contributed by atoms with E-state index < -0.39 is 102 Å². The molecule has 9 atom stereocenters. The number of nitrogen functional groups attached to an aromatic ring is 1. The molecule has 5 heterocycles. The Bertz CT molecular complexity index is 1890. The zero-order chi connectivity index (χ0) is 36.1. The van der Waals surface area contributed by atoms with Gasteiger partial charge in [-0.15, -0.1) is 4.36 Å². The number of aromatic nitrogens is 5. The van der Waals surface area contributed by atoms with Crippen molar-refractivity contribution in [2.24, 2.45) is 4.36 Å². The van der Waals surface area contributed by atoms with E-state index >= 15 is 0 Å². The lowest BCUT2D eigenvalue weighted by Crippen LogP contribution is -2.35. The zero-order valence-electron chi connectivity index (χ0n) is 24.1. The number of aliphatic hydroxyl groups excluding tert-OH is 4. The molecule has 3 aromatic rings. The highest BCUT2D eigenvalue weighted by Gasteiger charge is 2.52. The number of phosphoric ester groups is 1. The highest BCUT2D eigenvalue weighted by Crippen LogP contribution is 2.63. The Morgan fingerprint density at radius 2 is 1.73 bits per heavy atom. The molecular formula is C21H26N7O17P3S. The van der Waals surface area contributed by atoms with Gasteiger partial charge in [-0.2, -0.15) is 4.31 Å². The van der Waals surface area contributed by atoms with Crippen molar-refractivity contribution in [3.8, 4) is 0 Å². The quantitative estimate of drug-likeness (QED) is 0.0840. The van der Waals surface area contributed by atoms with Gasteiger partial charge in [0.25, 0.3) is 5.91 Å². The van der Waals surface area contributed by atoms with E-state index in [4.69, 9.17) is 24.3 Å². The molecule has 0 spiro atoms. The van der Waals surface area contributed by atoms with E-state index in [2.05, 4.69) is 41.0 Å². The summed E-state index contributed by atoms with van der Waals surface area (Å²) in [6.45, 7) is -1.95. The minimum absolute atomic E-state index is 0.00382. The lowest BCUT2D eigenvalue weighted by atomic mass is 10.0. The summed E-state index contributed by atoms with van der Waals surface area (Å²) in [4.78, 5) is 65.9. The molecule has 49 heavy (non-hydrogen) atoms. The minimum Gasteiger partial charge on any atom is -0.394 e. The first-order valence-electron chi connectivity index (χ1n) is 13.4. The fourth-order valence-electron chi connectivity index (χ4n) is 5.01. The number of hydrogen-bond acceptors (Lipinski definition) is 19. The smallest absolute Gasteiger partial charge is 0.394 e. The molecule has 268 valence electrons. The first-order valence-corrected chi connectivity index (χ1v) is 18.4. The van der Waals surface area contributed by atoms with Crippen LogP contribution in [0.15, 0.2) is 29.3 Å². The molecule has 2 fully saturated rings. The normalized spacial score (nSPS) is 28.9. The number of pyridine rings is 1. The molecule has 10 N–H and O–H groups in total. The summed E-state index contributed by atoms with van der Waals surface area (Å²) in [6.07, 6.45) is -10.7. The average molecular weight is 773 g/mol. The average Bonchev–Trinajstić information content (AvgIpc) is 3.68. The van der Waals surface area contributed by atoms with Crippen LogP contribution in [0.1, 0.15) is 28.3 Å². The van der Waals surface area contributed by atoms with Crippen molar-refractivity contribution in [3.05, 3.63) is 36.0 Å². The van der Waals surface area contributed by atoms with Crippen LogP contribution in [0, 0.1) is 0 Å². The van der Waals surface area contributed by atoms with Gasteiger partial charge in [0.05, 0.1) is 25.1 Å². The van der Waals surface area contributed by atoms with E-state index in [0.29, 0.717) is 0 Å². The molecule has 24 nitrogen and oxygen atoms in total. The molecule has 2 unspecified atom stereocenters. The number of ether oxygens (including phenoxy) is 2. The second kappa shape index (κ2) is 14.2. The molecule has 0 aromatic carbocycles. The van der Waals surface area contributed by atoms with Crippen molar-refractivity contribution in [1.29, 1.82) is 0 Å². The van der Waals surface area contributed by atoms with Crippen LogP contribution >= 0.6 is 23.2 Å². The van der Waals surface area contributed by atoms with Crippen LogP contribution < -0.4 is 11.2 Å². The molecule has 0 radical (unpaired) electrons. The lowest BCUT2D eigenvalue weighted by molar-refractivity contribution is -0.0555. The summed E-state index contributed by atoms with van der Waals surface area (Å²) in [6, 6.07) is 0.797. The van der Waals surface area contributed by atoms with E-state index in [1.807, 2.05) is 0 Å².